The molecular formula is C19H24N6O2S. The molecule has 4 rings (SSSR count). The summed E-state index contributed by atoms with van der Waals surface area (Å²) in [7, 11) is -3.71. The molecule has 28 heavy (non-hydrogen) atoms. The van der Waals surface area contributed by atoms with E-state index in [4.69, 9.17) is 0 Å². The lowest BCUT2D eigenvalue weighted by Gasteiger charge is -2.12. The molecule has 2 aromatic heterocycles. The van der Waals surface area contributed by atoms with Crippen LogP contribution in [0.15, 0.2) is 35.5 Å². The number of benzene rings is 1. The van der Waals surface area contributed by atoms with Gasteiger partial charge in [0.25, 0.3) is 10.0 Å². The van der Waals surface area contributed by atoms with Crippen molar-refractivity contribution >= 4 is 15.7 Å². The number of anilines is 1. The van der Waals surface area contributed by atoms with Crippen LogP contribution >= 0.6 is 0 Å². The monoisotopic (exact) mass is 400 g/mol. The third-order valence-corrected chi connectivity index (χ3v) is 6.41. The largest absolute Gasteiger partial charge is 0.311 e. The van der Waals surface area contributed by atoms with Gasteiger partial charge in [0.15, 0.2) is 5.82 Å². The summed E-state index contributed by atoms with van der Waals surface area (Å²) in [6.07, 6.45) is 7.24. The van der Waals surface area contributed by atoms with E-state index in [1.165, 1.54) is 18.8 Å². The fourth-order valence-corrected chi connectivity index (χ4v) is 4.50. The van der Waals surface area contributed by atoms with E-state index in [0.29, 0.717) is 12.2 Å². The van der Waals surface area contributed by atoms with Crippen LogP contribution < -0.4 is 4.72 Å². The molecule has 0 saturated carbocycles. The van der Waals surface area contributed by atoms with Crippen molar-refractivity contribution < 1.29 is 8.42 Å². The van der Waals surface area contributed by atoms with Gasteiger partial charge < -0.3 is 4.57 Å². The number of fused-ring (bicyclic) bond motifs is 1. The number of rotatable bonds is 5. The summed E-state index contributed by atoms with van der Waals surface area (Å²) in [6, 6.07) is 5.70. The predicted molar refractivity (Wildman–Crippen MR) is 106 cm³/mol. The average molecular weight is 401 g/mol. The molecule has 1 aliphatic rings. The number of aryl methyl sites for hydroxylation is 3. The van der Waals surface area contributed by atoms with Crippen LogP contribution in [-0.4, -0.2) is 33.0 Å². The molecule has 0 saturated heterocycles. The number of nitrogens with zero attached hydrogens (tertiary/aromatic N) is 5. The Bertz CT molecular complexity index is 1100. The van der Waals surface area contributed by atoms with E-state index in [9.17, 15) is 8.42 Å². The van der Waals surface area contributed by atoms with Gasteiger partial charge in [-0.3, -0.25) is 9.40 Å². The fraction of sp³-hybridized carbons (Fsp3) is 0.421. The maximum Gasteiger partial charge on any atom is 0.265 e. The summed E-state index contributed by atoms with van der Waals surface area (Å²) in [5.74, 6) is 1.79. The van der Waals surface area contributed by atoms with Crippen LogP contribution in [-0.2, 0) is 29.5 Å². The van der Waals surface area contributed by atoms with Crippen molar-refractivity contribution in [2.45, 2.75) is 57.5 Å². The molecule has 0 spiro atoms. The zero-order valence-corrected chi connectivity index (χ0v) is 16.9. The van der Waals surface area contributed by atoms with Gasteiger partial charge in [-0.1, -0.05) is 18.6 Å². The minimum Gasteiger partial charge on any atom is -0.311 e. The second-order valence-corrected chi connectivity index (χ2v) is 8.75. The minimum absolute atomic E-state index is 0.149. The van der Waals surface area contributed by atoms with E-state index in [1.54, 1.807) is 4.68 Å². The number of sulfonamides is 1. The number of aromatic nitrogens is 5. The summed E-state index contributed by atoms with van der Waals surface area (Å²) in [5.41, 5.74) is 2.23. The first-order valence-electron chi connectivity index (χ1n) is 9.56. The average Bonchev–Trinajstić information content (AvgIpc) is 3.26. The highest BCUT2D eigenvalue weighted by atomic mass is 32.2. The normalized spacial score (nSPS) is 14.5. The van der Waals surface area contributed by atoms with Gasteiger partial charge >= 0.3 is 0 Å². The second-order valence-electron chi connectivity index (χ2n) is 7.07. The van der Waals surface area contributed by atoms with Gasteiger partial charge in [0.1, 0.15) is 10.7 Å². The second kappa shape index (κ2) is 7.38. The molecule has 148 valence electrons. The van der Waals surface area contributed by atoms with Crippen LogP contribution in [0.3, 0.4) is 0 Å². The van der Waals surface area contributed by atoms with Gasteiger partial charge in [0.2, 0.25) is 0 Å². The smallest absolute Gasteiger partial charge is 0.265 e. The molecule has 0 aliphatic carbocycles. The maximum absolute atomic E-state index is 12.8. The van der Waals surface area contributed by atoms with E-state index in [2.05, 4.69) is 24.6 Å². The summed E-state index contributed by atoms with van der Waals surface area (Å²) in [4.78, 5) is 0.149. The quantitative estimate of drug-likeness (QED) is 0.710. The summed E-state index contributed by atoms with van der Waals surface area (Å²) in [5, 5.41) is 12.8. The van der Waals surface area contributed by atoms with Gasteiger partial charge in [-0.15, -0.1) is 10.2 Å². The first kappa shape index (κ1) is 18.7. The van der Waals surface area contributed by atoms with Crippen molar-refractivity contribution in [3.05, 3.63) is 42.0 Å². The SMILES string of the molecule is CCn1cc(S(=O)(=O)Nc2cc(-c3nnc4n3CCCCC4)ccc2C)cn1. The highest BCUT2D eigenvalue weighted by Gasteiger charge is 2.20. The Hall–Kier alpha value is -2.68. The molecule has 0 amide bonds. The van der Waals surface area contributed by atoms with Crippen LogP contribution in [0.25, 0.3) is 11.4 Å². The molecule has 8 nitrogen and oxygen atoms in total. The molecular weight excluding hydrogens is 376 g/mol. The van der Waals surface area contributed by atoms with Crippen molar-refractivity contribution in [3.63, 3.8) is 0 Å². The molecule has 3 heterocycles. The highest BCUT2D eigenvalue weighted by molar-refractivity contribution is 7.92. The Kier molecular flexibility index (Phi) is 4.92. The van der Waals surface area contributed by atoms with Crippen molar-refractivity contribution in [2.24, 2.45) is 0 Å². The lowest BCUT2D eigenvalue weighted by molar-refractivity contribution is 0.600. The van der Waals surface area contributed by atoms with Crippen LogP contribution in [0.5, 0.6) is 0 Å². The lowest BCUT2D eigenvalue weighted by atomic mass is 10.1. The van der Waals surface area contributed by atoms with Gasteiger partial charge in [0.05, 0.1) is 11.9 Å². The van der Waals surface area contributed by atoms with Crippen molar-refractivity contribution in [1.82, 2.24) is 24.5 Å². The predicted octanol–water partition coefficient (Wildman–Crippen LogP) is 3.00. The van der Waals surface area contributed by atoms with Crippen LogP contribution in [0.4, 0.5) is 5.69 Å². The van der Waals surface area contributed by atoms with Crippen molar-refractivity contribution in [2.75, 3.05) is 4.72 Å². The minimum atomic E-state index is -3.71. The van der Waals surface area contributed by atoms with Crippen molar-refractivity contribution in [1.29, 1.82) is 0 Å². The molecule has 0 radical (unpaired) electrons. The number of hydrogen-bond donors (Lipinski definition) is 1. The van der Waals surface area contributed by atoms with Crippen LogP contribution in [0.1, 0.15) is 37.6 Å². The van der Waals surface area contributed by atoms with Gasteiger partial charge in [-0.25, -0.2) is 8.42 Å². The Labute approximate surface area is 164 Å². The Balaban J connectivity index is 1.67. The number of nitrogens with one attached hydrogen (secondary N) is 1. The Morgan fingerprint density at radius 1 is 1.18 bits per heavy atom. The maximum atomic E-state index is 12.8. The van der Waals surface area contributed by atoms with E-state index in [0.717, 1.165) is 48.6 Å². The highest BCUT2D eigenvalue weighted by Crippen LogP contribution is 2.28. The molecule has 1 aromatic carbocycles. The van der Waals surface area contributed by atoms with Crippen LogP contribution in [0, 0.1) is 6.92 Å². The Morgan fingerprint density at radius 3 is 2.82 bits per heavy atom. The zero-order valence-electron chi connectivity index (χ0n) is 16.1. The summed E-state index contributed by atoms with van der Waals surface area (Å²) in [6.45, 7) is 5.29. The molecule has 1 aliphatic heterocycles. The standard InChI is InChI=1S/C19H24N6O2S/c1-3-24-13-16(12-20-24)28(26,27)23-17-11-15(9-8-14(17)2)19-22-21-18-7-5-4-6-10-25(18)19/h8-9,11-13,23H,3-7,10H2,1-2H3. The molecule has 0 unspecified atom stereocenters. The molecule has 0 fully saturated rings. The number of hydrogen-bond acceptors (Lipinski definition) is 5. The van der Waals surface area contributed by atoms with Gasteiger partial charge in [-0.2, -0.15) is 5.10 Å². The molecule has 1 N–H and O–H groups in total. The van der Waals surface area contributed by atoms with E-state index < -0.39 is 10.0 Å². The molecule has 0 atom stereocenters. The first-order valence-corrected chi connectivity index (χ1v) is 11.0. The zero-order chi connectivity index (χ0) is 19.7. The lowest BCUT2D eigenvalue weighted by Crippen LogP contribution is -2.13. The van der Waals surface area contributed by atoms with E-state index in [-0.39, 0.29) is 4.90 Å². The van der Waals surface area contributed by atoms with Gasteiger partial charge in [0, 0.05) is 31.3 Å². The third-order valence-electron chi connectivity index (χ3n) is 5.09. The van der Waals surface area contributed by atoms with E-state index in [1.807, 2.05) is 32.0 Å². The molecule has 0 bridgehead atoms. The van der Waals surface area contributed by atoms with E-state index >= 15 is 0 Å². The molecule has 9 heteroatoms. The van der Waals surface area contributed by atoms with Gasteiger partial charge in [-0.05, 0) is 38.3 Å². The fourth-order valence-electron chi connectivity index (χ4n) is 3.43. The van der Waals surface area contributed by atoms with Crippen LogP contribution in [0.2, 0.25) is 0 Å². The third kappa shape index (κ3) is 3.54. The molecule has 3 aromatic rings. The first-order chi connectivity index (χ1) is 13.5. The topological polar surface area (TPSA) is 94.7 Å². The van der Waals surface area contributed by atoms with Crippen molar-refractivity contribution in [3.8, 4) is 11.4 Å². The summed E-state index contributed by atoms with van der Waals surface area (Å²) < 4.78 is 32.0. The summed E-state index contributed by atoms with van der Waals surface area (Å²) >= 11 is 0. The Morgan fingerprint density at radius 2 is 2.04 bits per heavy atom.